The standard InChI is InChI=1S/C15H23N3O.HI/c1-12(10-19-2)18-14(16)17-11-15(8-9-15)13-6-4-3-5-7-13;/h3-7,12H,8-11H2,1-2H3,(H3,16,17,18);1H. The minimum Gasteiger partial charge on any atom is -0.383 e. The Morgan fingerprint density at radius 3 is 2.60 bits per heavy atom. The lowest BCUT2D eigenvalue weighted by Gasteiger charge is -2.16. The van der Waals surface area contributed by atoms with Crippen molar-refractivity contribution in [3.05, 3.63) is 35.9 Å². The molecule has 1 aliphatic rings. The number of ether oxygens (including phenoxy) is 1. The van der Waals surface area contributed by atoms with Crippen molar-refractivity contribution in [2.24, 2.45) is 10.7 Å². The lowest BCUT2D eigenvalue weighted by Crippen LogP contribution is -2.41. The summed E-state index contributed by atoms with van der Waals surface area (Å²) in [5.74, 6) is 0.506. The molecule has 1 saturated carbocycles. The van der Waals surface area contributed by atoms with Crippen molar-refractivity contribution < 1.29 is 4.74 Å². The van der Waals surface area contributed by atoms with Gasteiger partial charge in [-0.2, -0.15) is 0 Å². The molecule has 0 bridgehead atoms. The highest BCUT2D eigenvalue weighted by molar-refractivity contribution is 14.0. The molecule has 1 fully saturated rings. The Morgan fingerprint density at radius 2 is 2.05 bits per heavy atom. The number of methoxy groups -OCH3 is 1. The summed E-state index contributed by atoms with van der Waals surface area (Å²) in [6.45, 7) is 3.41. The van der Waals surface area contributed by atoms with Gasteiger partial charge in [-0.05, 0) is 25.3 Å². The molecule has 1 aromatic rings. The van der Waals surface area contributed by atoms with E-state index in [4.69, 9.17) is 10.5 Å². The van der Waals surface area contributed by atoms with Gasteiger partial charge in [0.05, 0.1) is 13.2 Å². The molecule has 0 radical (unpaired) electrons. The number of hydrogen-bond acceptors (Lipinski definition) is 2. The molecule has 0 spiro atoms. The van der Waals surface area contributed by atoms with E-state index in [0.29, 0.717) is 12.6 Å². The molecule has 0 amide bonds. The van der Waals surface area contributed by atoms with Gasteiger partial charge in [0.25, 0.3) is 0 Å². The molecule has 20 heavy (non-hydrogen) atoms. The van der Waals surface area contributed by atoms with Crippen LogP contribution in [0.5, 0.6) is 0 Å². The van der Waals surface area contributed by atoms with Gasteiger partial charge in [0, 0.05) is 18.6 Å². The summed E-state index contributed by atoms with van der Waals surface area (Å²) in [6, 6.07) is 10.8. The van der Waals surface area contributed by atoms with E-state index in [1.54, 1.807) is 7.11 Å². The van der Waals surface area contributed by atoms with Crippen molar-refractivity contribution in [3.8, 4) is 0 Å². The summed E-state index contributed by atoms with van der Waals surface area (Å²) in [6.07, 6.45) is 2.39. The highest BCUT2D eigenvalue weighted by atomic mass is 127. The molecule has 4 nitrogen and oxygen atoms in total. The van der Waals surface area contributed by atoms with Crippen molar-refractivity contribution in [2.45, 2.75) is 31.2 Å². The lowest BCUT2D eigenvalue weighted by molar-refractivity contribution is 0.179. The molecule has 1 aromatic carbocycles. The van der Waals surface area contributed by atoms with Crippen LogP contribution in [-0.4, -0.2) is 32.3 Å². The van der Waals surface area contributed by atoms with Gasteiger partial charge in [0.1, 0.15) is 0 Å². The van der Waals surface area contributed by atoms with Crippen molar-refractivity contribution in [3.63, 3.8) is 0 Å². The van der Waals surface area contributed by atoms with E-state index in [1.807, 2.05) is 13.0 Å². The molecule has 5 heteroatoms. The van der Waals surface area contributed by atoms with Crippen LogP contribution in [0.2, 0.25) is 0 Å². The summed E-state index contributed by atoms with van der Waals surface area (Å²) in [7, 11) is 1.68. The first-order valence-corrected chi connectivity index (χ1v) is 6.77. The molecule has 3 N–H and O–H groups in total. The van der Waals surface area contributed by atoms with Crippen LogP contribution in [-0.2, 0) is 10.2 Å². The van der Waals surface area contributed by atoms with Gasteiger partial charge in [0.2, 0.25) is 0 Å². The Morgan fingerprint density at radius 1 is 1.40 bits per heavy atom. The second kappa shape index (κ2) is 7.83. The zero-order chi connectivity index (χ0) is 13.7. The molecular weight excluding hydrogens is 365 g/mol. The molecule has 1 aliphatic carbocycles. The highest BCUT2D eigenvalue weighted by Crippen LogP contribution is 2.48. The van der Waals surface area contributed by atoms with Crippen molar-refractivity contribution in [2.75, 3.05) is 20.3 Å². The summed E-state index contributed by atoms with van der Waals surface area (Å²) < 4.78 is 5.06. The van der Waals surface area contributed by atoms with E-state index in [9.17, 15) is 0 Å². The quantitative estimate of drug-likeness (QED) is 0.446. The van der Waals surface area contributed by atoms with Crippen LogP contribution in [0.4, 0.5) is 0 Å². The van der Waals surface area contributed by atoms with Crippen LogP contribution < -0.4 is 11.1 Å². The zero-order valence-corrected chi connectivity index (χ0v) is 14.5. The van der Waals surface area contributed by atoms with E-state index < -0.39 is 0 Å². The van der Waals surface area contributed by atoms with Crippen LogP contribution in [0.3, 0.4) is 0 Å². The fourth-order valence-electron chi connectivity index (χ4n) is 2.31. The van der Waals surface area contributed by atoms with Gasteiger partial charge in [-0.25, -0.2) is 0 Å². The lowest BCUT2D eigenvalue weighted by atomic mass is 9.96. The van der Waals surface area contributed by atoms with E-state index in [2.05, 4.69) is 34.6 Å². The average molecular weight is 389 g/mol. The van der Waals surface area contributed by atoms with Gasteiger partial charge < -0.3 is 15.8 Å². The number of hydrogen-bond donors (Lipinski definition) is 2. The maximum absolute atomic E-state index is 5.90. The van der Waals surface area contributed by atoms with Crippen molar-refractivity contribution in [1.29, 1.82) is 0 Å². The van der Waals surface area contributed by atoms with Gasteiger partial charge in [0.15, 0.2) is 5.96 Å². The summed E-state index contributed by atoms with van der Waals surface area (Å²) in [5.41, 5.74) is 7.49. The molecule has 1 atom stereocenters. The van der Waals surface area contributed by atoms with Crippen LogP contribution in [0, 0.1) is 0 Å². The first kappa shape index (κ1) is 17.2. The molecule has 0 heterocycles. The number of nitrogens with two attached hydrogens (primary N) is 1. The Labute approximate surface area is 138 Å². The van der Waals surface area contributed by atoms with E-state index in [1.165, 1.54) is 18.4 Å². The first-order chi connectivity index (χ1) is 9.16. The number of halogens is 1. The predicted molar refractivity (Wildman–Crippen MR) is 93.7 cm³/mol. The zero-order valence-electron chi connectivity index (χ0n) is 12.1. The van der Waals surface area contributed by atoms with E-state index in [0.717, 1.165) is 6.54 Å². The molecule has 0 aromatic heterocycles. The monoisotopic (exact) mass is 389 g/mol. The second-order valence-corrected chi connectivity index (χ2v) is 5.35. The normalized spacial score (nSPS) is 18.0. The van der Waals surface area contributed by atoms with Gasteiger partial charge in [-0.15, -0.1) is 24.0 Å². The molecular formula is C15H24IN3O. The molecule has 0 saturated heterocycles. The third-order valence-corrected chi connectivity index (χ3v) is 3.60. The summed E-state index contributed by atoms with van der Waals surface area (Å²) >= 11 is 0. The number of aliphatic imine (C=N–C) groups is 1. The fraction of sp³-hybridized carbons (Fsp3) is 0.533. The number of nitrogens with one attached hydrogen (secondary N) is 1. The summed E-state index contributed by atoms with van der Waals surface area (Å²) in [5, 5.41) is 3.14. The van der Waals surface area contributed by atoms with Crippen LogP contribution in [0.1, 0.15) is 25.3 Å². The van der Waals surface area contributed by atoms with Gasteiger partial charge in [-0.3, -0.25) is 4.99 Å². The van der Waals surface area contributed by atoms with Gasteiger partial charge in [-0.1, -0.05) is 30.3 Å². The smallest absolute Gasteiger partial charge is 0.188 e. The maximum Gasteiger partial charge on any atom is 0.188 e. The highest BCUT2D eigenvalue weighted by Gasteiger charge is 2.43. The number of guanidine groups is 1. The Bertz CT molecular complexity index is 432. The molecule has 2 rings (SSSR count). The van der Waals surface area contributed by atoms with Gasteiger partial charge >= 0.3 is 0 Å². The number of benzene rings is 1. The first-order valence-electron chi connectivity index (χ1n) is 6.77. The van der Waals surface area contributed by atoms with E-state index in [-0.39, 0.29) is 35.4 Å². The Kier molecular flexibility index (Phi) is 6.75. The minimum atomic E-state index is 0. The Hall–Kier alpha value is -0.820. The fourth-order valence-corrected chi connectivity index (χ4v) is 2.31. The van der Waals surface area contributed by atoms with E-state index >= 15 is 0 Å². The largest absolute Gasteiger partial charge is 0.383 e. The third kappa shape index (κ3) is 4.63. The van der Waals surface area contributed by atoms with Crippen LogP contribution in [0.15, 0.2) is 35.3 Å². The van der Waals surface area contributed by atoms with Crippen molar-refractivity contribution in [1.82, 2.24) is 5.32 Å². The van der Waals surface area contributed by atoms with Crippen LogP contribution >= 0.6 is 24.0 Å². The van der Waals surface area contributed by atoms with Crippen LogP contribution in [0.25, 0.3) is 0 Å². The maximum atomic E-state index is 5.90. The average Bonchev–Trinajstić information content (AvgIpc) is 3.19. The third-order valence-electron chi connectivity index (χ3n) is 3.60. The SMILES string of the molecule is COCC(C)NC(N)=NCC1(c2ccccc2)CC1.I. The summed E-state index contributed by atoms with van der Waals surface area (Å²) in [4.78, 5) is 4.48. The molecule has 0 aliphatic heterocycles. The molecule has 112 valence electrons. The second-order valence-electron chi connectivity index (χ2n) is 5.35. The number of rotatable bonds is 6. The minimum absolute atomic E-state index is 0. The number of nitrogens with zero attached hydrogens (tertiary/aromatic N) is 1. The van der Waals surface area contributed by atoms with Crippen molar-refractivity contribution >= 4 is 29.9 Å². The topological polar surface area (TPSA) is 59.6 Å². The molecule has 1 unspecified atom stereocenters. The Balaban J connectivity index is 0.00000200. The predicted octanol–water partition coefficient (Wildman–Crippen LogP) is 2.28.